The normalized spacial score (nSPS) is 18.4. The minimum absolute atomic E-state index is 0. The fourth-order valence-electron chi connectivity index (χ4n) is 2.40. The van der Waals surface area contributed by atoms with Gasteiger partial charge in [-0.3, -0.25) is 9.69 Å². The molecular formula is C13H17Cl4N3O. The Morgan fingerprint density at radius 1 is 1.33 bits per heavy atom. The molecule has 3 N–H and O–H groups in total. The zero-order valence-corrected chi connectivity index (χ0v) is 14.3. The van der Waals surface area contributed by atoms with Gasteiger partial charge in [0.25, 0.3) is 0 Å². The predicted molar refractivity (Wildman–Crippen MR) is 91.0 cm³/mol. The van der Waals surface area contributed by atoms with E-state index in [1.165, 1.54) is 0 Å². The van der Waals surface area contributed by atoms with Crippen LogP contribution in [-0.2, 0) is 4.79 Å². The van der Waals surface area contributed by atoms with Crippen LogP contribution in [-0.4, -0.2) is 36.5 Å². The van der Waals surface area contributed by atoms with Gasteiger partial charge in [0, 0.05) is 17.6 Å². The second-order valence-electron chi connectivity index (χ2n) is 4.79. The van der Waals surface area contributed by atoms with Crippen molar-refractivity contribution in [1.29, 1.82) is 0 Å². The summed E-state index contributed by atoms with van der Waals surface area (Å²) in [4.78, 5) is 14.2. The number of hydrogen-bond donors (Lipinski definition) is 2. The first-order chi connectivity index (χ1) is 9.51. The first kappa shape index (κ1) is 18.8. The predicted octanol–water partition coefficient (Wildman–Crippen LogP) is 3.43. The van der Waals surface area contributed by atoms with Gasteiger partial charge < -0.3 is 11.1 Å². The van der Waals surface area contributed by atoms with Gasteiger partial charge in [0.05, 0.1) is 22.3 Å². The number of nitrogens with zero attached hydrogens (tertiary/aromatic N) is 1. The van der Waals surface area contributed by atoms with Crippen LogP contribution in [0.4, 0.5) is 5.69 Å². The van der Waals surface area contributed by atoms with E-state index in [9.17, 15) is 4.79 Å². The number of likely N-dealkylation sites (tertiary alicyclic amines) is 1. The van der Waals surface area contributed by atoms with Crippen molar-refractivity contribution in [3.05, 3.63) is 27.2 Å². The fraction of sp³-hybridized carbons (Fsp3) is 0.462. The maximum atomic E-state index is 12.1. The SMILES string of the molecule is Cl.NCC1CCCN1CC(=O)Nc1c(Cl)cc(Cl)cc1Cl. The number of nitrogens with one attached hydrogen (secondary N) is 1. The van der Waals surface area contributed by atoms with Crippen LogP contribution >= 0.6 is 47.2 Å². The number of nitrogens with two attached hydrogens (primary N) is 1. The first-order valence-electron chi connectivity index (χ1n) is 6.39. The van der Waals surface area contributed by atoms with Crippen molar-refractivity contribution in [3.8, 4) is 0 Å². The number of carbonyl (C=O) groups is 1. The van der Waals surface area contributed by atoms with Crippen molar-refractivity contribution in [2.75, 3.05) is 25.0 Å². The summed E-state index contributed by atoms with van der Waals surface area (Å²) in [6.07, 6.45) is 2.10. The molecule has 1 aromatic carbocycles. The van der Waals surface area contributed by atoms with E-state index in [4.69, 9.17) is 40.5 Å². The Balaban J connectivity index is 0.00000220. The third-order valence-corrected chi connectivity index (χ3v) is 4.20. The van der Waals surface area contributed by atoms with E-state index in [1.54, 1.807) is 12.1 Å². The van der Waals surface area contributed by atoms with Gasteiger partial charge in [-0.25, -0.2) is 0 Å². The molecule has 21 heavy (non-hydrogen) atoms. The highest BCUT2D eigenvalue weighted by Crippen LogP contribution is 2.33. The number of amides is 1. The van der Waals surface area contributed by atoms with Gasteiger partial charge in [-0.15, -0.1) is 12.4 Å². The number of hydrogen-bond acceptors (Lipinski definition) is 3. The number of carbonyl (C=O) groups excluding carboxylic acids is 1. The van der Waals surface area contributed by atoms with Gasteiger partial charge in [0.1, 0.15) is 0 Å². The van der Waals surface area contributed by atoms with Crippen LogP contribution in [0.5, 0.6) is 0 Å². The molecule has 118 valence electrons. The van der Waals surface area contributed by atoms with Gasteiger partial charge in [-0.1, -0.05) is 34.8 Å². The molecule has 0 saturated carbocycles. The Hall–Kier alpha value is -0.230. The van der Waals surface area contributed by atoms with Gasteiger partial charge in [0.2, 0.25) is 5.91 Å². The number of anilines is 1. The van der Waals surface area contributed by atoms with Crippen LogP contribution in [0, 0.1) is 0 Å². The first-order valence-corrected chi connectivity index (χ1v) is 7.53. The molecule has 1 amide bonds. The van der Waals surface area contributed by atoms with E-state index in [2.05, 4.69) is 10.2 Å². The zero-order chi connectivity index (χ0) is 14.7. The number of benzene rings is 1. The standard InChI is InChI=1S/C13H16Cl3N3O.ClH/c14-8-4-10(15)13(11(16)5-8)18-12(20)7-19-3-1-2-9(19)6-17;/h4-5,9H,1-3,6-7,17H2,(H,18,20);1H. The van der Waals surface area contributed by atoms with Crippen molar-refractivity contribution in [2.45, 2.75) is 18.9 Å². The molecule has 0 spiro atoms. The number of halogens is 4. The molecule has 0 bridgehead atoms. The fourth-order valence-corrected chi connectivity index (χ4v) is 3.31. The zero-order valence-electron chi connectivity index (χ0n) is 11.2. The van der Waals surface area contributed by atoms with Crippen LogP contribution in [0.15, 0.2) is 12.1 Å². The van der Waals surface area contributed by atoms with E-state index in [-0.39, 0.29) is 30.9 Å². The van der Waals surface area contributed by atoms with Gasteiger partial charge >= 0.3 is 0 Å². The summed E-state index contributed by atoms with van der Waals surface area (Å²) in [5.41, 5.74) is 6.08. The smallest absolute Gasteiger partial charge is 0.238 e. The quantitative estimate of drug-likeness (QED) is 0.851. The van der Waals surface area contributed by atoms with Crippen molar-refractivity contribution >= 4 is 58.8 Å². The number of rotatable bonds is 4. The van der Waals surface area contributed by atoms with Crippen molar-refractivity contribution in [2.24, 2.45) is 5.73 Å². The summed E-state index contributed by atoms with van der Waals surface area (Å²) in [6, 6.07) is 3.36. The van der Waals surface area contributed by atoms with Crippen molar-refractivity contribution in [3.63, 3.8) is 0 Å². The second-order valence-corrected chi connectivity index (χ2v) is 6.05. The second kappa shape index (κ2) is 8.42. The van der Waals surface area contributed by atoms with E-state index < -0.39 is 0 Å². The lowest BCUT2D eigenvalue weighted by Crippen LogP contribution is -2.40. The van der Waals surface area contributed by atoms with Crippen LogP contribution in [0.2, 0.25) is 15.1 Å². The highest BCUT2D eigenvalue weighted by molar-refractivity contribution is 6.42. The van der Waals surface area contributed by atoms with Gasteiger partial charge in [-0.05, 0) is 31.5 Å². The molecule has 1 unspecified atom stereocenters. The van der Waals surface area contributed by atoms with Crippen LogP contribution in [0.3, 0.4) is 0 Å². The molecule has 1 atom stereocenters. The molecule has 1 aliphatic rings. The minimum atomic E-state index is -0.156. The molecule has 0 aromatic heterocycles. The average Bonchev–Trinajstić information content (AvgIpc) is 2.81. The molecule has 2 rings (SSSR count). The Bertz CT molecular complexity index is 489. The van der Waals surface area contributed by atoms with E-state index in [0.717, 1.165) is 19.4 Å². The molecule has 1 fully saturated rings. The van der Waals surface area contributed by atoms with E-state index in [0.29, 0.717) is 27.3 Å². The lowest BCUT2D eigenvalue weighted by molar-refractivity contribution is -0.117. The van der Waals surface area contributed by atoms with Crippen molar-refractivity contribution in [1.82, 2.24) is 4.90 Å². The van der Waals surface area contributed by atoms with E-state index >= 15 is 0 Å². The van der Waals surface area contributed by atoms with Crippen LogP contribution in [0.25, 0.3) is 0 Å². The Labute approximate surface area is 145 Å². The highest BCUT2D eigenvalue weighted by atomic mass is 35.5. The largest absolute Gasteiger partial charge is 0.329 e. The molecule has 0 radical (unpaired) electrons. The summed E-state index contributed by atoms with van der Waals surface area (Å²) in [5, 5.41) is 3.82. The summed E-state index contributed by atoms with van der Waals surface area (Å²) in [7, 11) is 0. The molecule has 1 aliphatic heterocycles. The summed E-state index contributed by atoms with van der Waals surface area (Å²) < 4.78 is 0. The maximum absolute atomic E-state index is 12.1. The molecule has 4 nitrogen and oxygen atoms in total. The van der Waals surface area contributed by atoms with Gasteiger partial charge in [0.15, 0.2) is 0 Å². The third-order valence-electron chi connectivity index (χ3n) is 3.39. The van der Waals surface area contributed by atoms with Gasteiger partial charge in [-0.2, -0.15) is 0 Å². The monoisotopic (exact) mass is 371 g/mol. The minimum Gasteiger partial charge on any atom is -0.329 e. The third kappa shape index (κ3) is 4.88. The average molecular weight is 373 g/mol. The van der Waals surface area contributed by atoms with Crippen LogP contribution < -0.4 is 11.1 Å². The summed E-state index contributed by atoms with van der Waals surface area (Å²) in [5.74, 6) is -0.156. The molecular weight excluding hydrogens is 356 g/mol. The van der Waals surface area contributed by atoms with Crippen LogP contribution in [0.1, 0.15) is 12.8 Å². The Kier molecular flexibility index (Phi) is 7.54. The van der Waals surface area contributed by atoms with Crippen molar-refractivity contribution < 1.29 is 4.79 Å². The topological polar surface area (TPSA) is 58.4 Å². The molecule has 1 heterocycles. The van der Waals surface area contributed by atoms with E-state index in [1.807, 2.05) is 0 Å². The lowest BCUT2D eigenvalue weighted by atomic mass is 10.2. The summed E-state index contributed by atoms with van der Waals surface area (Å²) >= 11 is 17.9. The molecule has 1 aromatic rings. The Morgan fingerprint density at radius 3 is 2.52 bits per heavy atom. The summed E-state index contributed by atoms with van der Waals surface area (Å²) in [6.45, 7) is 1.74. The lowest BCUT2D eigenvalue weighted by Gasteiger charge is -2.22. The molecule has 1 saturated heterocycles. The highest BCUT2D eigenvalue weighted by Gasteiger charge is 2.25. The Morgan fingerprint density at radius 2 is 1.95 bits per heavy atom. The maximum Gasteiger partial charge on any atom is 0.238 e. The molecule has 8 heteroatoms. The molecule has 0 aliphatic carbocycles.